The zero-order valence-electron chi connectivity index (χ0n) is 18.1. The number of nitrogens with one attached hydrogen (secondary N) is 2. The van der Waals surface area contributed by atoms with Gasteiger partial charge in [0.05, 0.1) is 20.1 Å². The third kappa shape index (κ3) is 10.4. The molecule has 0 radical (unpaired) electrons. The Balaban J connectivity index is 0.000000578. The van der Waals surface area contributed by atoms with Crippen molar-refractivity contribution in [2.24, 2.45) is 9.98 Å². The van der Waals surface area contributed by atoms with Crippen LogP contribution in [0.5, 0.6) is 0 Å². The molecule has 0 fully saturated rings. The Morgan fingerprint density at radius 2 is 0.865 bits per heavy atom. The van der Waals surface area contributed by atoms with Gasteiger partial charge in [0.25, 0.3) is 0 Å². The lowest BCUT2D eigenvalue weighted by Crippen LogP contribution is -2.11. The number of rotatable bonds is 4. The van der Waals surface area contributed by atoms with Gasteiger partial charge in [0.15, 0.2) is 4.33 Å². The molecule has 0 saturated heterocycles. The van der Waals surface area contributed by atoms with Crippen molar-refractivity contribution < 1.29 is 19.2 Å². The second-order valence-corrected chi connectivity index (χ2v) is 8.71. The van der Waals surface area contributed by atoms with Crippen LogP contribution in [0.4, 0.5) is 11.4 Å². The Hall–Kier alpha value is -3.08. The topological polar surface area (TPSA) is 141 Å². The SMILES string of the molecule is ClC(Cl)(c1ccccc1)c1ccccc1.N=C=O.N=C=O.O=C=Nc1c(Cl)c(Cl)c(Cl)c(N=C=O)c1Cl. The summed E-state index contributed by atoms with van der Waals surface area (Å²) in [5.41, 5.74) is 1.47. The van der Waals surface area contributed by atoms with Crippen LogP contribution in [0.25, 0.3) is 0 Å². The fraction of sp³-hybridized carbons (Fsp3) is 0.0435. The van der Waals surface area contributed by atoms with Gasteiger partial charge in [-0.05, 0) is 11.1 Å². The standard InChI is InChI=1S/C13H10Cl2.C8Cl4N2O2.2CHNO/c14-13(15,11-7-3-1-4-8-11)12-9-5-2-6-10-12;9-3-4(10)7(13-1-15)6(12)8(5(3)11)14-2-16;2*2-1-3/h1-10H;;2*2H. The molecule has 0 amide bonds. The zero-order valence-corrected chi connectivity index (χ0v) is 22.6. The average molecular weight is 621 g/mol. The lowest BCUT2D eigenvalue weighted by atomic mass is 10.0. The van der Waals surface area contributed by atoms with Gasteiger partial charge < -0.3 is 0 Å². The van der Waals surface area contributed by atoms with E-state index in [1.807, 2.05) is 60.7 Å². The normalized spacial score (nSPS) is 9.03. The highest BCUT2D eigenvalue weighted by molar-refractivity contribution is 6.53. The van der Waals surface area contributed by atoms with Crippen LogP contribution in [0.15, 0.2) is 70.6 Å². The van der Waals surface area contributed by atoms with Crippen molar-refractivity contribution in [1.29, 1.82) is 10.8 Å². The van der Waals surface area contributed by atoms with Crippen molar-refractivity contribution in [2.75, 3.05) is 0 Å². The summed E-state index contributed by atoms with van der Waals surface area (Å²) >= 11 is 35.7. The van der Waals surface area contributed by atoms with Gasteiger partial charge in [-0.25, -0.2) is 30.0 Å². The molecule has 0 aliphatic carbocycles. The highest BCUT2D eigenvalue weighted by atomic mass is 35.5. The number of isocyanates is 4. The highest BCUT2D eigenvalue weighted by Crippen LogP contribution is 2.49. The van der Waals surface area contributed by atoms with Gasteiger partial charge in [0, 0.05) is 0 Å². The molecule has 0 saturated carbocycles. The molecule has 3 rings (SSSR count). The van der Waals surface area contributed by atoms with E-state index in [4.69, 9.17) is 90.0 Å². The quantitative estimate of drug-likeness (QED) is 0.0993. The third-order valence-corrected chi connectivity index (χ3v) is 6.34. The molecule has 3 aromatic carbocycles. The Labute approximate surface area is 240 Å². The van der Waals surface area contributed by atoms with E-state index in [1.165, 1.54) is 12.2 Å². The van der Waals surface area contributed by atoms with Crippen molar-refractivity contribution in [3.8, 4) is 0 Å². The Bertz CT molecular complexity index is 1250. The second-order valence-electron chi connectivity index (χ2n) is 5.87. The number of carbonyl (C=O) groups excluding carboxylic acids is 4. The Morgan fingerprint density at radius 1 is 0.568 bits per heavy atom. The first-order valence-electron chi connectivity index (χ1n) is 9.17. The lowest BCUT2D eigenvalue weighted by Gasteiger charge is -2.20. The van der Waals surface area contributed by atoms with Crippen LogP contribution in [-0.4, -0.2) is 24.3 Å². The number of hydrogen-bond donors (Lipinski definition) is 2. The van der Waals surface area contributed by atoms with Gasteiger partial charge in [-0.2, -0.15) is 9.98 Å². The predicted molar refractivity (Wildman–Crippen MR) is 144 cm³/mol. The first-order valence-corrected chi connectivity index (χ1v) is 11.4. The van der Waals surface area contributed by atoms with Gasteiger partial charge in [0.1, 0.15) is 11.4 Å². The van der Waals surface area contributed by atoms with Crippen molar-refractivity contribution in [1.82, 2.24) is 0 Å². The summed E-state index contributed by atoms with van der Waals surface area (Å²) in [7, 11) is 0. The van der Waals surface area contributed by atoms with Crippen LogP contribution in [0.1, 0.15) is 11.1 Å². The maximum Gasteiger partial charge on any atom is 0.240 e. The van der Waals surface area contributed by atoms with Crippen LogP contribution in [0.3, 0.4) is 0 Å². The molecule has 0 atom stereocenters. The molecular formula is C23H12Cl6N4O4. The second kappa shape index (κ2) is 18.2. The van der Waals surface area contributed by atoms with Crippen molar-refractivity contribution in [2.45, 2.75) is 4.33 Å². The van der Waals surface area contributed by atoms with E-state index in [1.54, 1.807) is 0 Å². The lowest BCUT2D eigenvalue weighted by molar-refractivity contribution is 0.562. The summed E-state index contributed by atoms with van der Waals surface area (Å²) < 4.78 is -0.970. The fourth-order valence-electron chi connectivity index (χ4n) is 2.36. The molecule has 0 heterocycles. The maximum absolute atomic E-state index is 10.2. The first kappa shape index (κ1) is 33.9. The third-order valence-electron chi connectivity index (χ3n) is 3.80. The number of nitrogens with zero attached hydrogens (tertiary/aromatic N) is 2. The molecule has 37 heavy (non-hydrogen) atoms. The minimum absolute atomic E-state index is 0.115. The van der Waals surface area contributed by atoms with Crippen molar-refractivity contribution in [3.05, 3.63) is 91.9 Å². The fourth-order valence-corrected chi connectivity index (χ4v) is 3.92. The van der Waals surface area contributed by atoms with E-state index in [9.17, 15) is 9.59 Å². The molecule has 0 spiro atoms. The molecule has 2 N–H and O–H groups in total. The van der Waals surface area contributed by atoms with E-state index < -0.39 is 4.33 Å². The summed E-state index contributed by atoms with van der Waals surface area (Å²) in [6.07, 6.45) is 3.99. The van der Waals surface area contributed by atoms with E-state index in [2.05, 4.69) is 9.98 Å². The molecule has 190 valence electrons. The summed E-state index contributed by atoms with van der Waals surface area (Å²) in [5, 5.41) is 10.3. The van der Waals surface area contributed by atoms with Gasteiger partial charge >= 0.3 is 0 Å². The number of hydrogen-bond acceptors (Lipinski definition) is 8. The first-order chi connectivity index (χ1) is 17.6. The minimum Gasteiger partial charge on any atom is -0.222 e. The average Bonchev–Trinajstić information content (AvgIpc) is 2.90. The molecule has 0 aliphatic rings. The Kier molecular flexibility index (Phi) is 16.7. The van der Waals surface area contributed by atoms with Crippen LogP contribution >= 0.6 is 69.6 Å². The summed E-state index contributed by atoms with van der Waals surface area (Å²) in [5.74, 6) is 0. The van der Waals surface area contributed by atoms with Gasteiger partial charge in [0.2, 0.25) is 24.3 Å². The molecule has 0 unspecified atom stereocenters. The Morgan fingerprint density at radius 3 is 1.14 bits per heavy atom. The van der Waals surface area contributed by atoms with Crippen molar-refractivity contribution in [3.63, 3.8) is 0 Å². The number of benzene rings is 3. The molecule has 14 heteroatoms. The van der Waals surface area contributed by atoms with E-state index in [0.29, 0.717) is 0 Å². The molecular weight excluding hydrogens is 609 g/mol. The highest BCUT2D eigenvalue weighted by Gasteiger charge is 2.28. The molecule has 3 aromatic rings. The number of alkyl halides is 2. The van der Waals surface area contributed by atoms with E-state index in [-0.39, 0.29) is 31.5 Å². The number of halogens is 6. The predicted octanol–water partition coefficient (Wildman–Crippen LogP) is 8.40. The summed E-state index contributed by atoms with van der Waals surface area (Å²) in [6.45, 7) is 0. The van der Waals surface area contributed by atoms with Crippen LogP contribution < -0.4 is 0 Å². The van der Waals surface area contributed by atoms with Gasteiger partial charge in [-0.15, -0.1) is 0 Å². The summed E-state index contributed by atoms with van der Waals surface area (Å²) in [6, 6.07) is 19.3. The largest absolute Gasteiger partial charge is 0.240 e. The molecule has 0 aliphatic heterocycles. The monoisotopic (exact) mass is 618 g/mol. The van der Waals surface area contributed by atoms with Gasteiger partial charge in [-0.3, -0.25) is 0 Å². The molecule has 0 aromatic heterocycles. The summed E-state index contributed by atoms with van der Waals surface area (Å²) in [4.78, 5) is 43.5. The van der Waals surface area contributed by atoms with Crippen LogP contribution in [0.2, 0.25) is 20.1 Å². The van der Waals surface area contributed by atoms with E-state index in [0.717, 1.165) is 23.3 Å². The molecule has 0 bridgehead atoms. The maximum atomic E-state index is 10.2. The minimum atomic E-state index is -0.970. The zero-order chi connectivity index (χ0) is 28.4. The molecule has 8 nitrogen and oxygen atoms in total. The van der Waals surface area contributed by atoms with Crippen LogP contribution in [-0.2, 0) is 23.5 Å². The van der Waals surface area contributed by atoms with Crippen LogP contribution in [0, 0.1) is 10.8 Å². The van der Waals surface area contributed by atoms with Gasteiger partial charge in [-0.1, -0.05) is 130 Å². The van der Waals surface area contributed by atoms with E-state index >= 15 is 0 Å². The number of aliphatic imine (C=N–C) groups is 2. The smallest absolute Gasteiger partial charge is 0.222 e. The van der Waals surface area contributed by atoms with Crippen molar-refractivity contribution >= 4 is 105 Å².